The van der Waals surface area contributed by atoms with Crippen LogP contribution in [-0.2, 0) is 20.4 Å². The van der Waals surface area contributed by atoms with Crippen molar-refractivity contribution in [2.75, 3.05) is 6.61 Å². The summed E-state index contributed by atoms with van der Waals surface area (Å²) in [5.41, 5.74) is -5.22. The molecule has 0 amide bonds. The lowest BCUT2D eigenvalue weighted by Crippen LogP contribution is -2.29. The van der Waals surface area contributed by atoms with Gasteiger partial charge in [-0.25, -0.2) is 22.4 Å². The van der Waals surface area contributed by atoms with E-state index in [9.17, 15) is 35.5 Å². The predicted molar refractivity (Wildman–Crippen MR) is 152 cm³/mol. The first kappa shape index (κ1) is 32.8. The molecule has 228 valence electrons. The summed E-state index contributed by atoms with van der Waals surface area (Å²) in [5, 5.41) is 0. The highest BCUT2D eigenvalue weighted by atomic mass is 32.2. The molecule has 0 saturated heterocycles. The molecule has 0 heterocycles. The third kappa shape index (κ3) is 9.72. The summed E-state index contributed by atoms with van der Waals surface area (Å²) in [6.45, 7) is 2.57. The van der Waals surface area contributed by atoms with Crippen molar-refractivity contribution in [3.63, 3.8) is 0 Å². The first-order chi connectivity index (χ1) is 20.7. The van der Waals surface area contributed by atoms with Gasteiger partial charge in [-0.2, -0.15) is 13.2 Å². The highest BCUT2D eigenvalue weighted by Gasteiger charge is 2.32. The van der Waals surface area contributed by atoms with Crippen molar-refractivity contribution in [2.24, 2.45) is 0 Å². The molecular formula is C32H22F7O3S2+. The lowest BCUT2D eigenvalue weighted by molar-refractivity contribution is -0.154. The van der Waals surface area contributed by atoms with Gasteiger partial charge >= 0.3 is 11.5 Å². The molecule has 0 atom stereocenters. The molecule has 4 rings (SSSR count). The maximum Gasteiger partial charge on any atom is 0.446 e. The molecule has 3 nitrogen and oxygen atoms in total. The number of thioether (sulfide) groups is 1. The molecule has 12 heteroatoms. The number of alkyl halides is 3. The molecule has 44 heavy (non-hydrogen) atoms. The number of carbonyl (C=O) groups excluding carboxylic acids is 1. The summed E-state index contributed by atoms with van der Waals surface area (Å²) in [6.07, 6.45) is 0. The van der Waals surface area contributed by atoms with E-state index >= 15 is 0 Å². The number of benzene rings is 4. The van der Waals surface area contributed by atoms with Crippen LogP contribution in [0, 0.1) is 35.1 Å². The van der Waals surface area contributed by atoms with Crippen LogP contribution in [0.3, 0.4) is 0 Å². The van der Waals surface area contributed by atoms with Gasteiger partial charge in [0.2, 0.25) is 0 Å². The molecule has 0 spiro atoms. The minimum Gasteiger partial charge on any atom is -0.482 e. The zero-order valence-electron chi connectivity index (χ0n) is 23.0. The van der Waals surface area contributed by atoms with Crippen molar-refractivity contribution in [3.8, 4) is 17.6 Å². The lowest BCUT2D eigenvalue weighted by atomic mass is 10.1. The Morgan fingerprint density at radius 3 is 1.73 bits per heavy atom. The highest BCUT2D eigenvalue weighted by Crippen LogP contribution is 2.37. The first-order valence-electron chi connectivity index (χ1n) is 12.7. The topological polar surface area (TPSA) is 35.5 Å². The standard InChI is InChI=1S/C32H22F7O3S2/c1-31(2,12-11-20-3-7-26(8-4-20)43-32(37,38)39)42-30(40)19-41-25-5-9-27(10-6-25)44(28-15-21(33)13-22(34)16-28)29-17-23(35)14-24(36)18-29/h3-10,13-18H,19H2,1-2H3/q+1. The average molecular weight is 652 g/mol. The quantitative estimate of drug-likeness (QED) is 0.0628. The maximum atomic E-state index is 14.0. The second-order valence-corrected chi connectivity index (χ2v) is 12.7. The van der Waals surface area contributed by atoms with Crippen LogP contribution in [0.15, 0.2) is 105 Å². The van der Waals surface area contributed by atoms with Crippen LogP contribution < -0.4 is 4.74 Å². The van der Waals surface area contributed by atoms with E-state index in [0.29, 0.717) is 22.6 Å². The van der Waals surface area contributed by atoms with E-state index in [0.717, 1.165) is 24.3 Å². The molecule has 0 fully saturated rings. The fourth-order valence-electron chi connectivity index (χ4n) is 3.82. The number of hydrogen-bond acceptors (Lipinski definition) is 4. The Bertz CT molecular complexity index is 1600. The zero-order valence-corrected chi connectivity index (χ0v) is 24.6. The summed E-state index contributed by atoms with van der Waals surface area (Å²) in [4.78, 5) is 13.2. The van der Waals surface area contributed by atoms with E-state index in [1.54, 1.807) is 12.1 Å². The van der Waals surface area contributed by atoms with E-state index in [1.807, 2.05) is 0 Å². The summed E-state index contributed by atoms with van der Waals surface area (Å²) >= 11 is -0.239. The third-order valence-corrected chi connectivity index (χ3v) is 8.42. The van der Waals surface area contributed by atoms with Crippen LogP contribution in [0.2, 0.25) is 0 Å². The number of hydrogen-bond donors (Lipinski definition) is 0. The van der Waals surface area contributed by atoms with Gasteiger partial charge in [-0.15, -0.1) is 0 Å². The van der Waals surface area contributed by atoms with Crippen molar-refractivity contribution in [3.05, 3.63) is 114 Å². The Morgan fingerprint density at radius 2 is 1.25 bits per heavy atom. The molecule has 0 aliphatic heterocycles. The van der Waals surface area contributed by atoms with Crippen molar-refractivity contribution >= 4 is 28.6 Å². The molecule has 0 aliphatic rings. The first-order valence-corrected chi connectivity index (χ1v) is 14.7. The van der Waals surface area contributed by atoms with Crippen LogP contribution in [0.1, 0.15) is 19.4 Å². The predicted octanol–water partition coefficient (Wildman–Crippen LogP) is 8.70. The molecule has 0 unspecified atom stereocenters. The summed E-state index contributed by atoms with van der Waals surface area (Å²) in [7, 11) is -1.29. The molecule has 0 N–H and O–H groups in total. The summed E-state index contributed by atoms with van der Waals surface area (Å²) in [5.74, 6) is 1.61. The highest BCUT2D eigenvalue weighted by molar-refractivity contribution is 8.00. The number of rotatable bonds is 8. The van der Waals surface area contributed by atoms with Gasteiger partial charge in [0.15, 0.2) is 26.9 Å². The van der Waals surface area contributed by atoms with E-state index < -0.39 is 57.8 Å². The fraction of sp³-hybridized carbons (Fsp3) is 0.156. The second-order valence-electron chi connectivity index (χ2n) is 9.58. The Kier molecular flexibility index (Phi) is 10.2. The Hall–Kier alpha value is -4.08. The monoisotopic (exact) mass is 651 g/mol. The van der Waals surface area contributed by atoms with Crippen LogP contribution >= 0.6 is 11.8 Å². The van der Waals surface area contributed by atoms with Gasteiger partial charge in [-0.05, 0) is 74.1 Å². The lowest BCUT2D eigenvalue weighted by Gasteiger charge is -2.19. The number of esters is 1. The van der Waals surface area contributed by atoms with Crippen molar-refractivity contribution in [1.82, 2.24) is 0 Å². The second kappa shape index (κ2) is 13.7. The smallest absolute Gasteiger partial charge is 0.446 e. The molecule has 0 saturated carbocycles. The summed E-state index contributed by atoms with van der Waals surface area (Å²) in [6, 6.07) is 17.2. The van der Waals surface area contributed by atoms with Crippen LogP contribution in [0.4, 0.5) is 30.7 Å². The van der Waals surface area contributed by atoms with Crippen LogP contribution in [0.5, 0.6) is 5.75 Å². The Morgan fingerprint density at radius 1 is 0.750 bits per heavy atom. The molecular weight excluding hydrogens is 629 g/mol. The number of carbonyl (C=O) groups is 1. The molecule has 4 aromatic rings. The van der Waals surface area contributed by atoms with Gasteiger partial charge < -0.3 is 9.47 Å². The van der Waals surface area contributed by atoms with E-state index in [-0.39, 0.29) is 32.2 Å². The van der Waals surface area contributed by atoms with E-state index in [2.05, 4.69) is 11.8 Å². The van der Waals surface area contributed by atoms with Gasteiger partial charge in [0, 0.05) is 46.9 Å². The number of halogens is 7. The van der Waals surface area contributed by atoms with Crippen molar-refractivity contribution in [2.45, 2.75) is 44.5 Å². The summed E-state index contributed by atoms with van der Waals surface area (Å²) < 4.78 is 105. The van der Waals surface area contributed by atoms with Gasteiger partial charge in [0.05, 0.1) is 10.9 Å². The molecule has 0 aromatic heterocycles. The average Bonchev–Trinajstić information content (AvgIpc) is 2.90. The van der Waals surface area contributed by atoms with Gasteiger partial charge in [0.1, 0.15) is 29.0 Å². The van der Waals surface area contributed by atoms with Crippen LogP contribution in [-0.4, -0.2) is 23.7 Å². The molecule has 0 aliphatic carbocycles. The molecule has 0 radical (unpaired) electrons. The normalized spacial score (nSPS) is 11.6. The SMILES string of the molecule is CC(C)(C#Cc1ccc(SC(F)(F)F)cc1)OC(=O)COc1ccc([S+](c2cc(F)cc(F)c2)c2cc(F)cc(F)c2)cc1. The minimum absolute atomic E-state index is 0.0145. The fourth-order valence-corrected chi connectivity index (χ4v) is 6.50. The molecule has 4 aromatic carbocycles. The zero-order chi connectivity index (χ0) is 32.1. The van der Waals surface area contributed by atoms with Gasteiger partial charge in [0.25, 0.3) is 0 Å². The van der Waals surface area contributed by atoms with E-state index in [4.69, 9.17) is 9.47 Å². The van der Waals surface area contributed by atoms with Crippen molar-refractivity contribution < 1.29 is 45.0 Å². The largest absolute Gasteiger partial charge is 0.482 e. The molecule has 0 bridgehead atoms. The Balaban J connectivity index is 1.42. The minimum atomic E-state index is -4.40. The Labute approximate surface area is 255 Å². The van der Waals surface area contributed by atoms with Gasteiger partial charge in [-0.3, -0.25) is 0 Å². The number of ether oxygens (including phenoxy) is 2. The van der Waals surface area contributed by atoms with Gasteiger partial charge in [-0.1, -0.05) is 11.8 Å². The van der Waals surface area contributed by atoms with Crippen molar-refractivity contribution in [1.29, 1.82) is 0 Å². The third-order valence-electron chi connectivity index (χ3n) is 5.52. The maximum absolute atomic E-state index is 14.0. The van der Waals surface area contributed by atoms with Crippen LogP contribution in [0.25, 0.3) is 0 Å². The van der Waals surface area contributed by atoms with E-state index in [1.165, 1.54) is 50.2 Å².